The van der Waals surface area contributed by atoms with E-state index in [0.717, 1.165) is 34.8 Å². The largest absolute Gasteiger partial charge is 0.372 e. The third kappa shape index (κ3) is 5.03. The summed E-state index contributed by atoms with van der Waals surface area (Å²) < 4.78 is 1.54. The van der Waals surface area contributed by atoms with E-state index >= 15 is 0 Å². The van der Waals surface area contributed by atoms with E-state index in [1.165, 1.54) is 21.6 Å². The van der Waals surface area contributed by atoms with Crippen molar-refractivity contribution in [2.45, 2.75) is 40.2 Å². The molecule has 1 amide bonds. The highest BCUT2D eigenvalue weighted by Gasteiger charge is 2.12. The SMILES string of the molecule is CCN(CCCNC(=O)CCn1cnc2sc(C)c(C)c2c1=O)c1ccccc1. The van der Waals surface area contributed by atoms with Gasteiger partial charge in [-0.3, -0.25) is 14.2 Å². The molecule has 6 nitrogen and oxygen atoms in total. The van der Waals surface area contributed by atoms with Crippen molar-refractivity contribution in [1.82, 2.24) is 14.9 Å². The van der Waals surface area contributed by atoms with Crippen LogP contribution in [0.15, 0.2) is 41.5 Å². The molecule has 0 bridgehead atoms. The number of benzene rings is 1. The lowest BCUT2D eigenvalue weighted by Crippen LogP contribution is -2.31. The number of hydrogen-bond donors (Lipinski definition) is 1. The first-order valence-corrected chi connectivity index (χ1v) is 10.8. The summed E-state index contributed by atoms with van der Waals surface area (Å²) in [6, 6.07) is 10.3. The first-order valence-electron chi connectivity index (χ1n) is 10.0. The van der Waals surface area contributed by atoms with Crippen LogP contribution < -0.4 is 15.8 Å². The van der Waals surface area contributed by atoms with E-state index in [1.807, 2.05) is 32.0 Å². The van der Waals surface area contributed by atoms with E-state index in [0.29, 0.717) is 18.5 Å². The fourth-order valence-electron chi connectivity index (χ4n) is 3.35. The molecule has 0 radical (unpaired) electrons. The van der Waals surface area contributed by atoms with E-state index in [2.05, 4.69) is 34.3 Å². The summed E-state index contributed by atoms with van der Waals surface area (Å²) in [4.78, 5) is 33.4. The fourth-order valence-corrected chi connectivity index (χ4v) is 4.33. The van der Waals surface area contributed by atoms with Crippen molar-refractivity contribution in [3.63, 3.8) is 0 Å². The minimum atomic E-state index is -0.0638. The minimum Gasteiger partial charge on any atom is -0.372 e. The molecule has 2 aromatic heterocycles. The van der Waals surface area contributed by atoms with Gasteiger partial charge >= 0.3 is 0 Å². The molecule has 3 rings (SSSR count). The maximum absolute atomic E-state index is 12.7. The van der Waals surface area contributed by atoms with Gasteiger partial charge in [-0.2, -0.15) is 0 Å². The van der Waals surface area contributed by atoms with Crippen LogP contribution in [0.3, 0.4) is 0 Å². The van der Waals surface area contributed by atoms with Gasteiger partial charge in [-0.15, -0.1) is 11.3 Å². The molecule has 1 N–H and O–H groups in total. The van der Waals surface area contributed by atoms with Crippen molar-refractivity contribution in [3.05, 3.63) is 57.5 Å². The number of hydrogen-bond acceptors (Lipinski definition) is 5. The molecule has 29 heavy (non-hydrogen) atoms. The summed E-state index contributed by atoms with van der Waals surface area (Å²) in [5.74, 6) is -0.0435. The Balaban J connectivity index is 1.47. The molecule has 0 atom stereocenters. The smallest absolute Gasteiger partial charge is 0.262 e. The molecule has 0 fully saturated rings. The summed E-state index contributed by atoms with van der Waals surface area (Å²) in [6.45, 7) is 8.85. The number of anilines is 1. The highest BCUT2D eigenvalue weighted by Crippen LogP contribution is 2.25. The van der Waals surface area contributed by atoms with Gasteiger partial charge in [0, 0.05) is 43.2 Å². The van der Waals surface area contributed by atoms with Crippen molar-refractivity contribution in [1.29, 1.82) is 0 Å². The second-order valence-corrected chi connectivity index (χ2v) is 8.28. The van der Waals surface area contributed by atoms with E-state index in [4.69, 9.17) is 0 Å². The van der Waals surface area contributed by atoms with Crippen LogP contribution in [0, 0.1) is 13.8 Å². The third-order valence-corrected chi connectivity index (χ3v) is 6.28. The number of nitrogens with one attached hydrogen (secondary N) is 1. The number of fused-ring (bicyclic) bond motifs is 1. The van der Waals surface area contributed by atoms with Crippen LogP contribution in [0.5, 0.6) is 0 Å². The lowest BCUT2D eigenvalue weighted by atomic mass is 10.2. The molecular formula is C22H28N4O2S. The van der Waals surface area contributed by atoms with Crippen LogP contribution in [-0.4, -0.2) is 35.1 Å². The molecule has 2 heterocycles. The average Bonchev–Trinajstić information content (AvgIpc) is 3.02. The number of nitrogens with zero attached hydrogens (tertiary/aromatic N) is 3. The zero-order valence-electron chi connectivity index (χ0n) is 17.3. The molecule has 154 valence electrons. The van der Waals surface area contributed by atoms with Gasteiger partial charge in [-0.25, -0.2) is 4.98 Å². The second kappa shape index (κ2) is 9.69. The molecule has 0 saturated carbocycles. The molecule has 7 heteroatoms. The standard InChI is InChI=1S/C22H28N4O2S/c1-4-25(18-9-6-5-7-10-18)13-8-12-23-19(27)11-14-26-15-24-21-20(22(26)28)16(2)17(3)29-21/h5-7,9-10,15H,4,8,11-14H2,1-3H3,(H,23,27). The van der Waals surface area contributed by atoms with Gasteiger partial charge in [0.25, 0.3) is 5.56 Å². The van der Waals surface area contributed by atoms with E-state index in [9.17, 15) is 9.59 Å². The molecule has 0 saturated heterocycles. The minimum absolute atomic E-state index is 0.0435. The number of carbonyl (C=O) groups excluding carboxylic acids is 1. The summed E-state index contributed by atoms with van der Waals surface area (Å²) >= 11 is 1.53. The lowest BCUT2D eigenvalue weighted by Gasteiger charge is -2.23. The summed E-state index contributed by atoms with van der Waals surface area (Å²) in [5, 5.41) is 3.63. The summed E-state index contributed by atoms with van der Waals surface area (Å²) in [6.07, 6.45) is 2.69. The van der Waals surface area contributed by atoms with Gasteiger partial charge in [0.1, 0.15) is 4.83 Å². The van der Waals surface area contributed by atoms with Crippen molar-refractivity contribution < 1.29 is 4.79 Å². The molecule has 0 aliphatic carbocycles. The van der Waals surface area contributed by atoms with Crippen LogP contribution in [0.1, 0.15) is 30.2 Å². The van der Waals surface area contributed by atoms with Crippen molar-refractivity contribution in [2.75, 3.05) is 24.5 Å². The van der Waals surface area contributed by atoms with Gasteiger partial charge in [0.05, 0.1) is 11.7 Å². The predicted molar refractivity (Wildman–Crippen MR) is 120 cm³/mol. The second-order valence-electron chi connectivity index (χ2n) is 7.08. The number of amides is 1. The average molecular weight is 413 g/mol. The van der Waals surface area contributed by atoms with Gasteiger partial charge in [0.2, 0.25) is 5.91 Å². The maximum Gasteiger partial charge on any atom is 0.262 e. The fraction of sp³-hybridized carbons (Fsp3) is 0.409. The molecule has 0 aliphatic heterocycles. The number of aromatic nitrogens is 2. The lowest BCUT2D eigenvalue weighted by molar-refractivity contribution is -0.121. The topological polar surface area (TPSA) is 67.2 Å². The monoisotopic (exact) mass is 412 g/mol. The van der Waals surface area contributed by atoms with Crippen molar-refractivity contribution in [3.8, 4) is 0 Å². The third-order valence-electron chi connectivity index (χ3n) is 5.17. The van der Waals surface area contributed by atoms with Crippen LogP contribution >= 0.6 is 11.3 Å². The van der Waals surface area contributed by atoms with Gasteiger partial charge in [-0.05, 0) is 44.9 Å². The molecule has 0 unspecified atom stereocenters. The first-order chi connectivity index (χ1) is 14.0. The Hall–Kier alpha value is -2.67. The van der Waals surface area contributed by atoms with Crippen LogP contribution in [0.25, 0.3) is 10.2 Å². The Morgan fingerprint density at radius 1 is 1.24 bits per heavy atom. The molecule has 3 aromatic rings. The Labute approximate surface area is 175 Å². The number of thiophene rings is 1. The summed E-state index contributed by atoms with van der Waals surface area (Å²) in [7, 11) is 0. The maximum atomic E-state index is 12.7. The van der Waals surface area contributed by atoms with Crippen molar-refractivity contribution in [2.24, 2.45) is 0 Å². The van der Waals surface area contributed by atoms with E-state index < -0.39 is 0 Å². The molecular weight excluding hydrogens is 384 g/mol. The zero-order valence-corrected chi connectivity index (χ0v) is 18.1. The molecule has 0 aliphatic rings. The van der Waals surface area contributed by atoms with E-state index in [-0.39, 0.29) is 17.9 Å². The van der Waals surface area contributed by atoms with Gasteiger partial charge in [-0.1, -0.05) is 18.2 Å². The Morgan fingerprint density at radius 3 is 2.72 bits per heavy atom. The normalized spacial score (nSPS) is 11.0. The highest BCUT2D eigenvalue weighted by molar-refractivity contribution is 7.18. The Kier molecular flexibility index (Phi) is 7.04. The summed E-state index contributed by atoms with van der Waals surface area (Å²) in [5.41, 5.74) is 2.12. The number of carbonyl (C=O) groups is 1. The quantitative estimate of drug-likeness (QED) is 0.546. The number of rotatable bonds is 9. The Morgan fingerprint density at radius 2 is 2.00 bits per heavy atom. The molecule has 0 spiro atoms. The van der Waals surface area contributed by atoms with Crippen LogP contribution in [0.2, 0.25) is 0 Å². The number of aryl methyl sites for hydroxylation is 3. The van der Waals surface area contributed by atoms with Crippen LogP contribution in [-0.2, 0) is 11.3 Å². The Bertz CT molecular complexity index is 1030. The van der Waals surface area contributed by atoms with E-state index in [1.54, 1.807) is 6.33 Å². The van der Waals surface area contributed by atoms with Crippen molar-refractivity contribution >= 4 is 33.1 Å². The predicted octanol–water partition coefficient (Wildman–Crippen LogP) is 3.50. The first kappa shape index (κ1) is 21.0. The highest BCUT2D eigenvalue weighted by atomic mass is 32.1. The van der Waals surface area contributed by atoms with Crippen LogP contribution in [0.4, 0.5) is 5.69 Å². The zero-order chi connectivity index (χ0) is 20.8. The van der Waals surface area contributed by atoms with Gasteiger partial charge in [0.15, 0.2) is 0 Å². The number of para-hydroxylation sites is 1. The molecule has 1 aromatic carbocycles. The van der Waals surface area contributed by atoms with Gasteiger partial charge < -0.3 is 10.2 Å².